The second kappa shape index (κ2) is 14.0. The zero-order chi connectivity index (χ0) is 30.0. The van der Waals surface area contributed by atoms with Crippen molar-refractivity contribution in [1.82, 2.24) is 21.3 Å². The van der Waals surface area contributed by atoms with E-state index in [1.807, 2.05) is 32.0 Å². The number of ether oxygens (including phenoxy) is 2. The topological polar surface area (TPSA) is 152 Å². The summed E-state index contributed by atoms with van der Waals surface area (Å²) in [6.07, 6.45) is -0.485. The van der Waals surface area contributed by atoms with Crippen molar-refractivity contribution in [2.45, 2.75) is 98.1 Å². The molecule has 0 radical (unpaired) electrons. The molecule has 0 aliphatic heterocycles. The van der Waals surface area contributed by atoms with Crippen molar-refractivity contribution in [1.29, 1.82) is 0 Å². The molecular weight excluding hydrogens is 504 g/mol. The fourth-order valence-corrected chi connectivity index (χ4v) is 3.25. The number of carbonyl (C=O) groups is 5. The highest BCUT2D eigenvalue weighted by Gasteiger charge is 2.36. The second-order valence-corrected chi connectivity index (χ2v) is 11.9. The van der Waals surface area contributed by atoms with Crippen LogP contribution in [0.25, 0.3) is 0 Å². The van der Waals surface area contributed by atoms with Gasteiger partial charge in [0, 0.05) is 0 Å². The molecule has 4 amide bonds. The molecule has 39 heavy (non-hydrogen) atoms. The fraction of sp³-hybridized carbons (Fsp3) is 0.607. The average molecular weight is 549 g/mol. The molecule has 1 aromatic carbocycles. The molecule has 0 aliphatic carbocycles. The molecule has 0 saturated heterocycles. The highest BCUT2D eigenvalue weighted by atomic mass is 16.6. The third kappa shape index (κ3) is 12.6. The number of carbonyl (C=O) groups excluding carboxylic acids is 5. The molecule has 0 aliphatic rings. The van der Waals surface area contributed by atoms with Crippen LogP contribution in [0.4, 0.5) is 4.79 Å². The Balaban J connectivity index is 2.68. The van der Waals surface area contributed by atoms with Gasteiger partial charge < -0.3 is 30.7 Å². The summed E-state index contributed by atoms with van der Waals surface area (Å²) in [6, 6.07) is 8.13. The zero-order valence-electron chi connectivity index (χ0n) is 24.5. The summed E-state index contributed by atoms with van der Waals surface area (Å²) < 4.78 is 10.5. The molecule has 0 aromatic heterocycles. The van der Waals surface area contributed by atoms with Gasteiger partial charge in [-0.2, -0.15) is 0 Å². The van der Waals surface area contributed by atoms with E-state index in [2.05, 4.69) is 21.3 Å². The molecule has 218 valence electrons. The Hall–Kier alpha value is -3.63. The second-order valence-electron chi connectivity index (χ2n) is 11.9. The summed E-state index contributed by atoms with van der Waals surface area (Å²) in [5.41, 5.74) is -2.64. The molecule has 0 heterocycles. The molecule has 11 heteroatoms. The number of esters is 1. The predicted octanol–water partition coefficient (Wildman–Crippen LogP) is 2.58. The van der Waals surface area contributed by atoms with E-state index in [4.69, 9.17) is 9.47 Å². The quantitative estimate of drug-likeness (QED) is 0.293. The van der Waals surface area contributed by atoms with Gasteiger partial charge in [-0.1, -0.05) is 44.2 Å². The molecule has 1 aromatic rings. The van der Waals surface area contributed by atoms with Gasteiger partial charge >= 0.3 is 12.1 Å². The molecule has 0 bridgehead atoms. The maximum absolute atomic E-state index is 13.0. The predicted molar refractivity (Wildman–Crippen MR) is 146 cm³/mol. The first-order chi connectivity index (χ1) is 17.8. The summed E-state index contributed by atoms with van der Waals surface area (Å²) in [7, 11) is 0. The Bertz CT molecular complexity index is 1010. The highest BCUT2D eigenvalue weighted by Crippen LogP contribution is 2.15. The maximum Gasteiger partial charge on any atom is 0.408 e. The Labute approximate surface area is 231 Å². The van der Waals surface area contributed by atoms with Crippen molar-refractivity contribution in [2.24, 2.45) is 5.92 Å². The summed E-state index contributed by atoms with van der Waals surface area (Å²) in [5, 5.41) is 10.2. The lowest BCUT2D eigenvalue weighted by Crippen LogP contribution is -2.59. The van der Waals surface area contributed by atoms with E-state index >= 15 is 0 Å². The van der Waals surface area contributed by atoms with Crippen LogP contribution in [-0.4, -0.2) is 59.0 Å². The van der Waals surface area contributed by atoms with Crippen LogP contribution < -0.4 is 21.3 Å². The van der Waals surface area contributed by atoms with Gasteiger partial charge in [0.05, 0.1) is 6.54 Å². The zero-order valence-corrected chi connectivity index (χ0v) is 24.5. The maximum atomic E-state index is 13.0. The monoisotopic (exact) mass is 548 g/mol. The van der Waals surface area contributed by atoms with E-state index in [0.717, 1.165) is 5.56 Å². The van der Waals surface area contributed by atoms with Gasteiger partial charge in [0.25, 0.3) is 0 Å². The van der Waals surface area contributed by atoms with Gasteiger partial charge in [-0.15, -0.1) is 0 Å². The lowest BCUT2D eigenvalue weighted by atomic mass is 10.00. The average Bonchev–Trinajstić information content (AvgIpc) is 2.79. The van der Waals surface area contributed by atoms with Crippen LogP contribution in [0.3, 0.4) is 0 Å². The van der Waals surface area contributed by atoms with Gasteiger partial charge in [0.15, 0.2) is 0 Å². The van der Waals surface area contributed by atoms with Crippen molar-refractivity contribution < 1.29 is 33.4 Å². The van der Waals surface area contributed by atoms with E-state index in [1.54, 1.807) is 32.9 Å². The number of hydrogen-bond donors (Lipinski definition) is 4. The molecular formula is C28H44N4O7. The van der Waals surface area contributed by atoms with Crippen LogP contribution >= 0.6 is 0 Å². The molecule has 4 N–H and O–H groups in total. The molecule has 1 atom stereocenters. The number of rotatable bonds is 12. The molecule has 0 unspecified atom stereocenters. The van der Waals surface area contributed by atoms with Crippen molar-refractivity contribution >= 4 is 29.8 Å². The number of hydrogen-bond acceptors (Lipinski definition) is 7. The normalized spacial score (nSPS) is 12.7. The summed E-state index contributed by atoms with van der Waals surface area (Å²) in [6.45, 7) is 14.5. The molecule has 1 rings (SSSR count). The Morgan fingerprint density at radius 1 is 0.846 bits per heavy atom. The number of alkyl carbamates (subject to hydrolysis) is 1. The Kier molecular flexibility index (Phi) is 12.0. The third-order valence-electron chi connectivity index (χ3n) is 5.31. The van der Waals surface area contributed by atoms with Gasteiger partial charge in [0.1, 0.15) is 29.3 Å². The van der Waals surface area contributed by atoms with Crippen LogP contribution in [0.5, 0.6) is 0 Å². The van der Waals surface area contributed by atoms with Crippen molar-refractivity contribution in [2.75, 3.05) is 6.54 Å². The van der Waals surface area contributed by atoms with Crippen LogP contribution in [0.15, 0.2) is 30.3 Å². The fourth-order valence-electron chi connectivity index (χ4n) is 3.25. The van der Waals surface area contributed by atoms with Gasteiger partial charge in [-0.25, -0.2) is 9.59 Å². The minimum Gasteiger partial charge on any atom is -0.458 e. The van der Waals surface area contributed by atoms with Crippen LogP contribution in [0, 0.1) is 5.92 Å². The first-order valence-electron chi connectivity index (χ1n) is 12.9. The third-order valence-corrected chi connectivity index (χ3v) is 5.31. The van der Waals surface area contributed by atoms with Crippen LogP contribution in [-0.2, 0) is 35.3 Å². The lowest BCUT2D eigenvalue weighted by Gasteiger charge is -2.31. The number of benzene rings is 1. The summed E-state index contributed by atoms with van der Waals surface area (Å²) in [4.78, 5) is 63.0. The first kappa shape index (κ1) is 33.4. The van der Waals surface area contributed by atoms with Crippen molar-refractivity contribution in [3.8, 4) is 0 Å². The van der Waals surface area contributed by atoms with Crippen molar-refractivity contribution in [3.63, 3.8) is 0 Å². The number of nitrogens with one attached hydrogen (secondary N) is 4. The van der Waals surface area contributed by atoms with Crippen LogP contribution in [0.1, 0.15) is 74.3 Å². The van der Waals surface area contributed by atoms with Gasteiger partial charge in [-0.3, -0.25) is 14.4 Å². The standard InChI is InChI=1S/C28H44N4O7/c1-18(2)15-20(22(34)31-28(8,9)24(36)39-26(3,4)5)30-21(33)16-29-23(35)27(6,7)32-25(37)38-17-19-13-11-10-12-14-19/h10-14,18,20H,15-17H2,1-9H3,(H,29,35)(H,30,33)(H,31,34)(H,32,37)/t20-/m0/s1. The highest BCUT2D eigenvalue weighted by molar-refractivity contribution is 5.95. The molecule has 0 fully saturated rings. The SMILES string of the molecule is CC(C)C[C@H](NC(=O)CNC(=O)C(C)(C)NC(=O)OCc1ccccc1)C(=O)NC(C)(C)C(=O)OC(C)(C)C. The Morgan fingerprint density at radius 3 is 1.97 bits per heavy atom. The minimum absolute atomic E-state index is 0.0385. The van der Waals surface area contributed by atoms with Crippen LogP contribution in [0.2, 0.25) is 0 Å². The largest absolute Gasteiger partial charge is 0.458 e. The van der Waals surface area contributed by atoms with Gasteiger partial charge in [0.2, 0.25) is 17.7 Å². The van der Waals surface area contributed by atoms with E-state index < -0.39 is 59.0 Å². The van der Waals surface area contributed by atoms with E-state index in [9.17, 15) is 24.0 Å². The van der Waals surface area contributed by atoms with E-state index in [0.29, 0.717) is 6.42 Å². The Morgan fingerprint density at radius 2 is 1.44 bits per heavy atom. The van der Waals surface area contributed by atoms with E-state index in [1.165, 1.54) is 27.7 Å². The van der Waals surface area contributed by atoms with E-state index in [-0.39, 0.29) is 12.5 Å². The summed E-state index contributed by atoms with van der Waals surface area (Å²) in [5.74, 6) is -2.35. The smallest absolute Gasteiger partial charge is 0.408 e. The first-order valence-corrected chi connectivity index (χ1v) is 12.9. The number of amides is 4. The lowest BCUT2D eigenvalue weighted by molar-refractivity contribution is -0.163. The van der Waals surface area contributed by atoms with Crippen molar-refractivity contribution in [3.05, 3.63) is 35.9 Å². The van der Waals surface area contributed by atoms with Gasteiger partial charge in [-0.05, 0) is 66.4 Å². The minimum atomic E-state index is -1.37. The molecule has 11 nitrogen and oxygen atoms in total. The summed E-state index contributed by atoms with van der Waals surface area (Å²) >= 11 is 0. The molecule has 0 saturated carbocycles. The molecule has 0 spiro atoms.